The Morgan fingerprint density at radius 2 is 2.05 bits per heavy atom. The molecule has 0 saturated heterocycles. The van der Waals surface area contributed by atoms with Crippen LogP contribution in [0, 0.1) is 0 Å². The lowest BCUT2D eigenvalue weighted by atomic mass is 10.1. The Morgan fingerprint density at radius 1 is 1.35 bits per heavy atom. The largest absolute Gasteiger partial charge is 0.399 e. The minimum absolute atomic E-state index is 0.363. The van der Waals surface area contributed by atoms with Gasteiger partial charge in [-0.25, -0.2) is 4.68 Å². The van der Waals surface area contributed by atoms with Gasteiger partial charge in [0.2, 0.25) is 0 Å². The van der Waals surface area contributed by atoms with Crippen molar-refractivity contribution in [1.29, 1.82) is 0 Å². The Morgan fingerprint density at radius 3 is 2.70 bits per heavy atom. The molecule has 2 N–H and O–H groups in total. The standard InChI is InChI=1S/C12H15Cl2N5O/c1-12(2,20-3)6-19-11(16-17-18-19)8-4-7(15)5-9(13)10(8)14/h4-5H,6,15H2,1-3H3. The average molecular weight is 316 g/mol. The highest BCUT2D eigenvalue weighted by atomic mass is 35.5. The number of anilines is 1. The molecule has 0 spiro atoms. The lowest BCUT2D eigenvalue weighted by Gasteiger charge is -2.22. The molecule has 8 heteroatoms. The number of nitrogen functional groups attached to an aromatic ring is 1. The van der Waals surface area contributed by atoms with Gasteiger partial charge in [-0.05, 0) is 36.4 Å². The van der Waals surface area contributed by atoms with E-state index in [0.29, 0.717) is 33.7 Å². The fraction of sp³-hybridized carbons (Fsp3) is 0.417. The Labute approximate surface area is 126 Å². The molecule has 1 heterocycles. The molecule has 0 unspecified atom stereocenters. The second kappa shape index (κ2) is 5.55. The zero-order valence-corrected chi connectivity index (χ0v) is 12.9. The van der Waals surface area contributed by atoms with Crippen molar-refractivity contribution in [2.45, 2.75) is 26.0 Å². The molecule has 20 heavy (non-hydrogen) atoms. The second-order valence-electron chi connectivity index (χ2n) is 4.99. The summed E-state index contributed by atoms with van der Waals surface area (Å²) < 4.78 is 6.99. The van der Waals surface area contributed by atoms with E-state index in [4.69, 9.17) is 33.7 Å². The maximum Gasteiger partial charge on any atom is 0.183 e. The third-order valence-electron chi connectivity index (χ3n) is 2.91. The van der Waals surface area contributed by atoms with E-state index < -0.39 is 5.60 Å². The van der Waals surface area contributed by atoms with Crippen LogP contribution in [0.1, 0.15) is 13.8 Å². The number of halogens is 2. The van der Waals surface area contributed by atoms with E-state index in [1.807, 2.05) is 13.8 Å². The van der Waals surface area contributed by atoms with E-state index in [1.165, 1.54) is 0 Å². The first-order chi connectivity index (χ1) is 9.34. The van der Waals surface area contributed by atoms with E-state index in [9.17, 15) is 0 Å². The van der Waals surface area contributed by atoms with Crippen LogP contribution < -0.4 is 5.73 Å². The predicted molar refractivity (Wildman–Crippen MR) is 78.8 cm³/mol. The minimum atomic E-state index is -0.416. The summed E-state index contributed by atoms with van der Waals surface area (Å²) in [6.07, 6.45) is 0. The van der Waals surface area contributed by atoms with Crippen molar-refractivity contribution in [2.24, 2.45) is 0 Å². The van der Waals surface area contributed by atoms with E-state index in [0.717, 1.165) is 0 Å². The van der Waals surface area contributed by atoms with Crippen LogP contribution in [0.25, 0.3) is 11.4 Å². The first-order valence-corrected chi connectivity index (χ1v) is 6.66. The summed E-state index contributed by atoms with van der Waals surface area (Å²) in [5.41, 5.74) is 6.46. The molecule has 0 bridgehead atoms. The van der Waals surface area contributed by atoms with Gasteiger partial charge in [0, 0.05) is 18.4 Å². The monoisotopic (exact) mass is 315 g/mol. The van der Waals surface area contributed by atoms with Crippen LogP contribution in [0.2, 0.25) is 10.0 Å². The van der Waals surface area contributed by atoms with Crippen molar-refractivity contribution >= 4 is 28.9 Å². The molecule has 1 aromatic carbocycles. The molecular weight excluding hydrogens is 301 g/mol. The first-order valence-electron chi connectivity index (χ1n) is 5.90. The van der Waals surface area contributed by atoms with Gasteiger partial charge < -0.3 is 10.5 Å². The van der Waals surface area contributed by atoms with Crippen molar-refractivity contribution in [3.8, 4) is 11.4 Å². The van der Waals surface area contributed by atoms with Crippen molar-refractivity contribution in [3.63, 3.8) is 0 Å². The third kappa shape index (κ3) is 3.03. The molecular formula is C12H15Cl2N5O. The quantitative estimate of drug-likeness (QED) is 0.877. The first kappa shape index (κ1) is 15.0. The van der Waals surface area contributed by atoms with Crippen LogP contribution in [-0.4, -0.2) is 32.9 Å². The number of benzene rings is 1. The van der Waals surface area contributed by atoms with Crippen LogP contribution in [-0.2, 0) is 11.3 Å². The van der Waals surface area contributed by atoms with Gasteiger partial charge in [0.1, 0.15) is 0 Å². The number of methoxy groups -OCH3 is 1. The smallest absolute Gasteiger partial charge is 0.183 e. The number of hydrogen-bond donors (Lipinski definition) is 1. The lowest BCUT2D eigenvalue weighted by Crippen LogP contribution is -2.30. The average Bonchev–Trinajstić information content (AvgIpc) is 2.81. The second-order valence-corrected chi connectivity index (χ2v) is 5.77. The van der Waals surface area contributed by atoms with E-state index in [1.54, 1.807) is 23.9 Å². The Hall–Kier alpha value is -1.37. The maximum absolute atomic E-state index is 6.21. The molecule has 108 valence electrons. The fourth-order valence-electron chi connectivity index (χ4n) is 1.70. The molecule has 0 aliphatic carbocycles. The Balaban J connectivity index is 2.48. The maximum atomic E-state index is 6.21. The summed E-state index contributed by atoms with van der Waals surface area (Å²) in [4.78, 5) is 0. The van der Waals surface area contributed by atoms with Gasteiger partial charge >= 0.3 is 0 Å². The van der Waals surface area contributed by atoms with Crippen LogP contribution in [0.15, 0.2) is 12.1 Å². The van der Waals surface area contributed by atoms with Gasteiger partial charge in [-0.15, -0.1) is 5.10 Å². The van der Waals surface area contributed by atoms with E-state index >= 15 is 0 Å². The SMILES string of the molecule is COC(C)(C)Cn1nnnc1-c1cc(N)cc(Cl)c1Cl. The molecule has 0 saturated carbocycles. The van der Waals surface area contributed by atoms with Crippen molar-refractivity contribution in [2.75, 3.05) is 12.8 Å². The predicted octanol–water partition coefficient (Wildman–Crippen LogP) is 2.65. The van der Waals surface area contributed by atoms with Gasteiger partial charge in [-0.1, -0.05) is 23.2 Å². The zero-order valence-electron chi connectivity index (χ0n) is 11.4. The molecule has 0 aliphatic rings. The molecule has 6 nitrogen and oxygen atoms in total. The summed E-state index contributed by atoms with van der Waals surface area (Å²) in [5.74, 6) is 0.495. The Bertz CT molecular complexity index is 626. The topological polar surface area (TPSA) is 78.8 Å². The van der Waals surface area contributed by atoms with Crippen LogP contribution in [0.3, 0.4) is 0 Å². The van der Waals surface area contributed by atoms with E-state index in [-0.39, 0.29) is 0 Å². The molecule has 1 aromatic heterocycles. The number of nitrogens with zero attached hydrogens (tertiary/aromatic N) is 4. The van der Waals surface area contributed by atoms with Gasteiger partial charge in [-0.3, -0.25) is 0 Å². The minimum Gasteiger partial charge on any atom is -0.399 e. The van der Waals surface area contributed by atoms with Crippen molar-refractivity contribution < 1.29 is 4.74 Å². The lowest BCUT2D eigenvalue weighted by molar-refractivity contribution is 0.00539. The molecule has 0 aliphatic heterocycles. The summed E-state index contributed by atoms with van der Waals surface area (Å²) in [7, 11) is 1.63. The summed E-state index contributed by atoms with van der Waals surface area (Å²) in [6.45, 7) is 4.34. The number of ether oxygens (including phenoxy) is 1. The number of rotatable bonds is 4. The summed E-state index contributed by atoms with van der Waals surface area (Å²) >= 11 is 12.2. The van der Waals surface area contributed by atoms with Crippen LogP contribution in [0.4, 0.5) is 5.69 Å². The molecule has 0 fully saturated rings. The molecule has 2 aromatic rings. The van der Waals surface area contributed by atoms with Gasteiger partial charge in [0.05, 0.1) is 22.2 Å². The highest BCUT2D eigenvalue weighted by Gasteiger charge is 2.22. The van der Waals surface area contributed by atoms with Crippen molar-refractivity contribution in [1.82, 2.24) is 20.2 Å². The molecule has 0 radical (unpaired) electrons. The number of nitrogens with two attached hydrogens (primary N) is 1. The fourth-order valence-corrected chi connectivity index (χ4v) is 2.12. The van der Waals surface area contributed by atoms with Crippen LogP contribution >= 0.6 is 23.2 Å². The van der Waals surface area contributed by atoms with Crippen molar-refractivity contribution in [3.05, 3.63) is 22.2 Å². The summed E-state index contributed by atoms with van der Waals surface area (Å²) in [5, 5.41) is 12.4. The zero-order chi connectivity index (χ0) is 14.9. The molecule has 0 atom stereocenters. The molecule has 2 rings (SSSR count). The van der Waals surface area contributed by atoms with Gasteiger partial charge in [0.25, 0.3) is 0 Å². The van der Waals surface area contributed by atoms with Gasteiger partial charge in [0.15, 0.2) is 5.82 Å². The Kier molecular flexibility index (Phi) is 4.17. The van der Waals surface area contributed by atoms with Gasteiger partial charge in [-0.2, -0.15) is 0 Å². The number of aromatic nitrogens is 4. The van der Waals surface area contributed by atoms with Crippen LogP contribution in [0.5, 0.6) is 0 Å². The third-order valence-corrected chi connectivity index (χ3v) is 3.71. The van der Waals surface area contributed by atoms with E-state index in [2.05, 4.69) is 15.5 Å². The normalized spacial score (nSPS) is 11.8. The number of hydrogen-bond acceptors (Lipinski definition) is 5. The number of tetrazole rings is 1. The highest BCUT2D eigenvalue weighted by Crippen LogP contribution is 2.34. The highest BCUT2D eigenvalue weighted by molar-refractivity contribution is 6.43. The summed E-state index contributed by atoms with van der Waals surface area (Å²) in [6, 6.07) is 3.27. The molecule has 0 amide bonds.